The SMILES string of the molecule is C1=CNSC=C1.O.O=C([O-])c1cccc(C(=O)[O-])c1.[Ca+2]. The van der Waals surface area contributed by atoms with E-state index in [1.807, 2.05) is 23.8 Å². The average Bonchev–Trinajstić information content (AvgIpc) is 2.41. The van der Waals surface area contributed by atoms with E-state index in [1.165, 1.54) is 18.2 Å². The molecule has 1 aromatic rings. The Labute approximate surface area is 150 Å². The van der Waals surface area contributed by atoms with Crippen LogP contribution in [-0.2, 0) is 0 Å². The molecule has 0 saturated carbocycles. The molecule has 20 heavy (non-hydrogen) atoms. The smallest absolute Gasteiger partial charge is 0.545 e. The summed E-state index contributed by atoms with van der Waals surface area (Å²) in [5.74, 6) is -2.81. The van der Waals surface area contributed by atoms with Gasteiger partial charge in [0.15, 0.2) is 0 Å². The summed E-state index contributed by atoms with van der Waals surface area (Å²) in [6.07, 6.45) is 5.84. The van der Waals surface area contributed by atoms with Gasteiger partial charge in [-0.15, -0.1) is 0 Å². The third-order valence-corrected chi connectivity index (χ3v) is 2.39. The van der Waals surface area contributed by atoms with Gasteiger partial charge in [-0.05, 0) is 40.6 Å². The Hall–Kier alpha value is -0.990. The molecule has 0 atom stereocenters. The number of hydrogen-bond donors (Lipinski definition) is 1. The Morgan fingerprint density at radius 3 is 1.85 bits per heavy atom. The molecule has 1 aliphatic rings. The number of rotatable bonds is 2. The van der Waals surface area contributed by atoms with E-state index in [-0.39, 0.29) is 54.3 Å². The molecule has 8 heteroatoms. The molecule has 3 N–H and O–H groups in total. The molecule has 102 valence electrons. The number of aromatic carboxylic acids is 2. The van der Waals surface area contributed by atoms with Gasteiger partial charge in [0.2, 0.25) is 0 Å². The van der Waals surface area contributed by atoms with E-state index in [2.05, 4.69) is 4.72 Å². The summed E-state index contributed by atoms with van der Waals surface area (Å²) in [6.45, 7) is 0. The molecule has 0 bridgehead atoms. The minimum absolute atomic E-state index is 0. The van der Waals surface area contributed by atoms with Gasteiger partial charge in [0, 0.05) is 6.20 Å². The van der Waals surface area contributed by atoms with E-state index in [9.17, 15) is 19.8 Å². The van der Waals surface area contributed by atoms with Crippen molar-refractivity contribution in [3.63, 3.8) is 0 Å². The average molecular weight is 321 g/mol. The van der Waals surface area contributed by atoms with E-state index in [0.717, 1.165) is 6.07 Å². The largest absolute Gasteiger partial charge is 2.00 e. The molecule has 0 unspecified atom stereocenters. The third kappa shape index (κ3) is 8.23. The van der Waals surface area contributed by atoms with Gasteiger partial charge in [-0.25, -0.2) is 0 Å². The van der Waals surface area contributed by atoms with Crippen molar-refractivity contribution in [1.82, 2.24) is 4.72 Å². The van der Waals surface area contributed by atoms with Crippen molar-refractivity contribution in [2.45, 2.75) is 0 Å². The van der Waals surface area contributed by atoms with Gasteiger partial charge in [-0.3, -0.25) is 0 Å². The molecule has 1 aromatic carbocycles. The summed E-state index contributed by atoms with van der Waals surface area (Å²) < 4.78 is 2.93. The van der Waals surface area contributed by atoms with Crippen LogP contribution < -0.4 is 14.9 Å². The Morgan fingerprint density at radius 1 is 1.05 bits per heavy atom. The van der Waals surface area contributed by atoms with Gasteiger partial charge in [-0.1, -0.05) is 24.3 Å². The van der Waals surface area contributed by atoms with Gasteiger partial charge in [0.05, 0.1) is 11.9 Å². The predicted molar refractivity (Wildman–Crippen MR) is 73.5 cm³/mol. The summed E-state index contributed by atoms with van der Waals surface area (Å²) in [6, 6.07) is 4.81. The fourth-order valence-electron chi connectivity index (χ4n) is 1.03. The van der Waals surface area contributed by atoms with Crippen molar-refractivity contribution < 1.29 is 25.3 Å². The maximum atomic E-state index is 10.3. The first-order valence-electron chi connectivity index (χ1n) is 4.87. The number of carbonyl (C=O) groups excluding carboxylic acids is 2. The summed E-state index contributed by atoms with van der Waals surface area (Å²) >= 11 is 1.58. The van der Waals surface area contributed by atoms with Crippen LogP contribution in [0.2, 0.25) is 0 Å². The minimum Gasteiger partial charge on any atom is -0.545 e. The van der Waals surface area contributed by atoms with Crippen LogP contribution in [0.5, 0.6) is 0 Å². The molecule has 1 aliphatic heterocycles. The Kier molecular flexibility index (Phi) is 12.6. The van der Waals surface area contributed by atoms with Gasteiger partial charge in [-0.2, -0.15) is 0 Å². The first-order valence-corrected chi connectivity index (χ1v) is 5.75. The van der Waals surface area contributed by atoms with Gasteiger partial charge >= 0.3 is 37.7 Å². The van der Waals surface area contributed by atoms with Crippen molar-refractivity contribution in [1.29, 1.82) is 0 Å². The quantitative estimate of drug-likeness (QED) is 0.521. The number of carboxylic acid groups (broad SMARTS) is 2. The molecule has 6 nitrogen and oxygen atoms in total. The van der Waals surface area contributed by atoms with Crippen LogP contribution in [0.3, 0.4) is 0 Å². The number of carboxylic acids is 2. The number of nitrogens with one attached hydrogen (secondary N) is 1. The molecule has 0 amide bonds. The second-order valence-electron chi connectivity index (χ2n) is 3.08. The first kappa shape index (κ1) is 21.3. The van der Waals surface area contributed by atoms with Crippen LogP contribution >= 0.6 is 11.9 Å². The van der Waals surface area contributed by atoms with E-state index in [1.54, 1.807) is 11.9 Å². The molecule has 1 heterocycles. The maximum absolute atomic E-state index is 10.3. The third-order valence-electron chi connectivity index (χ3n) is 1.82. The second kappa shape index (κ2) is 11.8. The van der Waals surface area contributed by atoms with E-state index in [0.29, 0.717) is 0 Å². The zero-order valence-electron chi connectivity index (χ0n) is 10.4. The molecule has 0 saturated heterocycles. The van der Waals surface area contributed by atoms with Crippen molar-refractivity contribution in [3.05, 3.63) is 59.2 Å². The number of carbonyl (C=O) groups is 2. The van der Waals surface area contributed by atoms with Crippen LogP contribution in [0.4, 0.5) is 0 Å². The Morgan fingerprint density at radius 2 is 1.60 bits per heavy atom. The molecule has 0 spiro atoms. The second-order valence-corrected chi connectivity index (χ2v) is 3.82. The van der Waals surface area contributed by atoms with E-state index in [4.69, 9.17) is 0 Å². The monoisotopic (exact) mass is 321 g/mol. The summed E-state index contributed by atoms with van der Waals surface area (Å²) in [5.41, 5.74) is -0.339. The minimum atomic E-state index is -1.40. The van der Waals surface area contributed by atoms with Gasteiger partial charge in [0.25, 0.3) is 0 Å². The van der Waals surface area contributed by atoms with Crippen molar-refractivity contribution in [2.75, 3.05) is 0 Å². The molecular weight excluding hydrogens is 310 g/mol. The van der Waals surface area contributed by atoms with Crippen LogP contribution in [0.1, 0.15) is 20.7 Å². The normalized spacial score (nSPS) is 10.8. The number of benzene rings is 1. The Balaban J connectivity index is 0. The topological polar surface area (TPSA) is 124 Å². The standard InChI is InChI=1S/C8H6O4.C4H5NS.Ca.H2O/c9-7(10)5-2-1-3-6(4-5)8(11)12;1-2-4-6-5-3-1;;/h1-4H,(H,9,10)(H,11,12);1-5H;;1H2/q;;+2;/p-2. The van der Waals surface area contributed by atoms with Gasteiger partial charge in [0.1, 0.15) is 0 Å². The summed E-state index contributed by atoms with van der Waals surface area (Å²) in [7, 11) is 0. The molecule has 2 rings (SSSR count). The van der Waals surface area contributed by atoms with E-state index >= 15 is 0 Å². The van der Waals surface area contributed by atoms with E-state index < -0.39 is 11.9 Å². The van der Waals surface area contributed by atoms with Crippen LogP contribution in [0, 0.1) is 0 Å². The molecule has 0 aromatic heterocycles. The first-order chi connectivity index (χ1) is 8.61. The van der Waals surface area contributed by atoms with Crippen molar-refractivity contribution in [2.24, 2.45) is 0 Å². The van der Waals surface area contributed by atoms with Crippen LogP contribution in [-0.4, -0.2) is 55.2 Å². The summed E-state index contributed by atoms with van der Waals surface area (Å²) in [5, 5.41) is 22.5. The fraction of sp³-hybridized carbons (Fsp3) is 0. The van der Waals surface area contributed by atoms with Crippen molar-refractivity contribution in [3.8, 4) is 0 Å². The van der Waals surface area contributed by atoms with Crippen LogP contribution in [0.15, 0.2) is 48.0 Å². The fourth-order valence-corrected chi connectivity index (χ4v) is 1.44. The van der Waals surface area contributed by atoms with Crippen LogP contribution in [0.25, 0.3) is 0 Å². The zero-order valence-corrected chi connectivity index (χ0v) is 13.4. The molecule has 0 aliphatic carbocycles. The molecule has 0 fully saturated rings. The predicted octanol–water partition coefficient (Wildman–Crippen LogP) is -1.53. The maximum Gasteiger partial charge on any atom is 2.00 e. The van der Waals surface area contributed by atoms with Gasteiger partial charge < -0.3 is 30.0 Å². The number of allylic oxidation sites excluding steroid dienone is 2. The summed E-state index contributed by atoms with van der Waals surface area (Å²) in [4.78, 5) is 20.5. The number of hydrogen-bond acceptors (Lipinski definition) is 6. The molecule has 0 radical (unpaired) electrons. The Bertz CT molecular complexity index is 463. The molecular formula is C12H11CaNO5S. The van der Waals surface area contributed by atoms with Crippen molar-refractivity contribution >= 4 is 61.6 Å². The zero-order chi connectivity index (χ0) is 13.4.